The molecule has 0 heterocycles. The first-order chi connectivity index (χ1) is 8.19. The zero-order valence-corrected chi connectivity index (χ0v) is 10.6. The molecule has 0 saturated carbocycles. The van der Waals surface area contributed by atoms with Crippen molar-refractivity contribution in [2.45, 2.75) is 45.2 Å². The lowest BCUT2D eigenvalue weighted by Gasteiger charge is -2.20. The van der Waals surface area contributed by atoms with Gasteiger partial charge in [-0.25, -0.2) is 0 Å². The van der Waals surface area contributed by atoms with E-state index in [2.05, 4.69) is 12.2 Å². The molecule has 2 atom stereocenters. The van der Waals surface area contributed by atoms with Gasteiger partial charge in [0.2, 0.25) is 5.91 Å². The summed E-state index contributed by atoms with van der Waals surface area (Å²) in [6.07, 6.45) is 2.63. The van der Waals surface area contributed by atoms with Crippen LogP contribution in [0.15, 0.2) is 30.3 Å². The van der Waals surface area contributed by atoms with Crippen molar-refractivity contribution >= 4 is 5.91 Å². The van der Waals surface area contributed by atoms with Gasteiger partial charge in [-0.15, -0.1) is 0 Å². The van der Waals surface area contributed by atoms with E-state index in [1.165, 1.54) is 0 Å². The van der Waals surface area contributed by atoms with Gasteiger partial charge in [0, 0.05) is 0 Å². The van der Waals surface area contributed by atoms with E-state index in [4.69, 9.17) is 5.73 Å². The van der Waals surface area contributed by atoms with Crippen LogP contribution in [0.2, 0.25) is 0 Å². The zero-order chi connectivity index (χ0) is 12.7. The van der Waals surface area contributed by atoms with Gasteiger partial charge in [-0.3, -0.25) is 4.79 Å². The average Bonchev–Trinajstić information content (AvgIpc) is 2.38. The van der Waals surface area contributed by atoms with Gasteiger partial charge in [-0.05, 0) is 18.4 Å². The molecule has 0 saturated heterocycles. The second-order valence-corrected chi connectivity index (χ2v) is 4.28. The largest absolute Gasteiger partial charge is 0.348 e. The Labute approximate surface area is 103 Å². The maximum atomic E-state index is 11.8. The molecule has 2 unspecified atom stereocenters. The van der Waals surface area contributed by atoms with E-state index in [1.807, 2.05) is 37.3 Å². The number of hydrogen-bond donors (Lipinski definition) is 2. The molecule has 1 amide bonds. The molecule has 3 nitrogen and oxygen atoms in total. The Balaban J connectivity index is 2.70. The van der Waals surface area contributed by atoms with Crippen molar-refractivity contribution in [3.8, 4) is 0 Å². The normalized spacial score (nSPS) is 14.1. The van der Waals surface area contributed by atoms with Crippen molar-refractivity contribution in [3.05, 3.63) is 35.9 Å². The maximum absolute atomic E-state index is 11.8. The fourth-order valence-electron chi connectivity index (χ4n) is 1.76. The Hall–Kier alpha value is -1.35. The lowest BCUT2D eigenvalue weighted by atomic mass is 10.0. The number of amides is 1. The highest BCUT2D eigenvalue weighted by Crippen LogP contribution is 2.18. The molecule has 0 radical (unpaired) electrons. The van der Waals surface area contributed by atoms with Crippen LogP contribution in [0, 0.1) is 0 Å². The van der Waals surface area contributed by atoms with Gasteiger partial charge in [0.15, 0.2) is 0 Å². The standard InChI is InChI=1S/C14H22N2O/c1-3-8-13(11-9-6-5-7-10-11)16-14(17)12(15)4-2/h5-7,9-10,12-13H,3-4,8,15H2,1-2H3,(H,16,17). The highest BCUT2D eigenvalue weighted by atomic mass is 16.2. The maximum Gasteiger partial charge on any atom is 0.237 e. The summed E-state index contributed by atoms with van der Waals surface area (Å²) in [6.45, 7) is 4.03. The van der Waals surface area contributed by atoms with E-state index < -0.39 is 6.04 Å². The van der Waals surface area contributed by atoms with E-state index in [0.717, 1.165) is 18.4 Å². The summed E-state index contributed by atoms with van der Waals surface area (Å²) in [6, 6.07) is 9.71. The third kappa shape index (κ3) is 4.19. The zero-order valence-electron chi connectivity index (χ0n) is 10.6. The highest BCUT2D eigenvalue weighted by molar-refractivity contribution is 5.81. The molecule has 17 heavy (non-hydrogen) atoms. The van der Waals surface area contributed by atoms with Crippen LogP contribution in [0.25, 0.3) is 0 Å². The van der Waals surface area contributed by atoms with Crippen LogP contribution < -0.4 is 11.1 Å². The van der Waals surface area contributed by atoms with Crippen molar-refractivity contribution in [1.82, 2.24) is 5.32 Å². The van der Waals surface area contributed by atoms with Gasteiger partial charge >= 0.3 is 0 Å². The minimum absolute atomic E-state index is 0.0604. The van der Waals surface area contributed by atoms with Gasteiger partial charge in [0.1, 0.15) is 0 Å². The van der Waals surface area contributed by atoms with Gasteiger partial charge < -0.3 is 11.1 Å². The lowest BCUT2D eigenvalue weighted by molar-refractivity contribution is -0.123. The fourth-order valence-corrected chi connectivity index (χ4v) is 1.76. The summed E-state index contributed by atoms with van der Waals surface area (Å²) in [4.78, 5) is 11.8. The minimum Gasteiger partial charge on any atom is -0.348 e. The lowest BCUT2D eigenvalue weighted by Crippen LogP contribution is -2.41. The molecule has 0 aliphatic heterocycles. The Kier molecular flexibility index (Phi) is 5.70. The molecule has 0 fully saturated rings. The molecule has 94 valence electrons. The van der Waals surface area contributed by atoms with E-state index >= 15 is 0 Å². The third-order valence-corrected chi connectivity index (χ3v) is 2.87. The second kappa shape index (κ2) is 7.07. The molecular weight excluding hydrogens is 212 g/mol. The molecule has 3 heteroatoms. The molecule has 1 aromatic rings. The number of rotatable bonds is 6. The van der Waals surface area contributed by atoms with Crippen molar-refractivity contribution in [2.24, 2.45) is 5.73 Å². The van der Waals surface area contributed by atoms with E-state index in [0.29, 0.717) is 6.42 Å². The molecular formula is C14H22N2O. The van der Waals surface area contributed by atoms with Crippen molar-refractivity contribution in [3.63, 3.8) is 0 Å². The predicted molar refractivity (Wildman–Crippen MR) is 70.5 cm³/mol. The van der Waals surface area contributed by atoms with E-state index in [-0.39, 0.29) is 11.9 Å². The van der Waals surface area contributed by atoms with Crippen molar-refractivity contribution in [1.29, 1.82) is 0 Å². The Morgan fingerprint density at radius 3 is 2.47 bits per heavy atom. The minimum atomic E-state index is -0.405. The van der Waals surface area contributed by atoms with Gasteiger partial charge in [0.05, 0.1) is 12.1 Å². The fraction of sp³-hybridized carbons (Fsp3) is 0.500. The van der Waals surface area contributed by atoms with Crippen molar-refractivity contribution in [2.75, 3.05) is 0 Å². The summed E-state index contributed by atoms with van der Waals surface area (Å²) in [5, 5.41) is 3.02. The molecule has 0 aliphatic carbocycles. The SMILES string of the molecule is CCCC(NC(=O)C(N)CC)c1ccccc1. The van der Waals surface area contributed by atoms with Crippen LogP contribution in [-0.4, -0.2) is 11.9 Å². The Morgan fingerprint density at radius 2 is 1.94 bits per heavy atom. The molecule has 0 bridgehead atoms. The number of benzene rings is 1. The molecule has 1 aromatic carbocycles. The van der Waals surface area contributed by atoms with E-state index in [9.17, 15) is 4.79 Å². The Morgan fingerprint density at radius 1 is 1.29 bits per heavy atom. The number of nitrogens with one attached hydrogen (secondary N) is 1. The first-order valence-corrected chi connectivity index (χ1v) is 6.29. The molecule has 0 spiro atoms. The van der Waals surface area contributed by atoms with Crippen molar-refractivity contribution < 1.29 is 4.79 Å². The summed E-state index contributed by atoms with van der Waals surface area (Å²) >= 11 is 0. The van der Waals surface area contributed by atoms with Crippen LogP contribution in [0.1, 0.15) is 44.7 Å². The average molecular weight is 234 g/mol. The van der Waals surface area contributed by atoms with Crippen LogP contribution in [0.4, 0.5) is 0 Å². The number of hydrogen-bond acceptors (Lipinski definition) is 2. The first kappa shape index (κ1) is 13.7. The molecule has 0 aromatic heterocycles. The monoisotopic (exact) mass is 234 g/mol. The quantitative estimate of drug-likeness (QED) is 0.794. The first-order valence-electron chi connectivity index (χ1n) is 6.29. The van der Waals surface area contributed by atoms with Gasteiger partial charge in [-0.1, -0.05) is 50.6 Å². The van der Waals surface area contributed by atoms with Crippen LogP contribution in [-0.2, 0) is 4.79 Å². The van der Waals surface area contributed by atoms with Gasteiger partial charge in [0.25, 0.3) is 0 Å². The van der Waals surface area contributed by atoms with Crippen LogP contribution in [0.3, 0.4) is 0 Å². The number of carbonyl (C=O) groups is 1. The van der Waals surface area contributed by atoms with Crippen LogP contribution >= 0.6 is 0 Å². The smallest absolute Gasteiger partial charge is 0.237 e. The number of nitrogens with two attached hydrogens (primary N) is 1. The second-order valence-electron chi connectivity index (χ2n) is 4.28. The van der Waals surface area contributed by atoms with Gasteiger partial charge in [-0.2, -0.15) is 0 Å². The summed E-state index contributed by atoms with van der Waals surface area (Å²) < 4.78 is 0. The molecule has 0 aliphatic rings. The van der Waals surface area contributed by atoms with Crippen LogP contribution in [0.5, 0.6) is 0 Å². The Bertz CT molecular complexity index is 337. The highest BCUT2D eigenvalue weighted by Gasteiger charge is 2.17. The third-order valence-electron chi connectivity index (χ3n) is 2.87. The number of carbonyl (C=O) groups excluding carboxylic acids is 1. The summed E-state index contributed by atoms with van der Waals surface area (Å²) in [5.41, 5.74) is 6.87. The summed E-state index contributed by atoms with van der Waals surface area (Å²) in [7, 11) is 0. The summed E-state index contributed by atoms with van der Waals surface area (Å²) in [5.74, 6) is -0.0604. The molecule has 3 N–H and O–H groups in total. The van der Waals surface area contributed by atoms with E-state index in [1.54, 1.807) is 0 Å². The topological polar surface area (TPSA) is 55.1 Å². The predicted octanol–water partition coefficient (Wildman–Crippen LogP) is 2.38. The molecule has 1 rings (SSSR count).